The van der Waals surface area contributed by atoms with Crippen LogP contribution < -0.4 is 0 Å². The molecule has 62 valence electrons. The highest BCUT2D eigenvalue weighted by Gasteiger charge is 1.75. The second-order valence-corrected chi connectivity index (χ2v) is 3.45. The molecular formula is C6H10Cl4. The van der Waals surface area contributed by atoms with Crippen molar-refractivity contribution in [2.75, 3.05) is 11.8 Å². The van der Waals surface area contributed by atoms with Gasteiger partial charge >= 0.3 is 0 Å². The molecule has 10 heavy (non-hydrogen) atoms. The van der Waals surface area contributed by atoms with E-state index in [-0.39, 0.29) is 4.84 Å². The summed E-state index contributed by atoms with van der Waals surface area (Å²) in [5.74, 6) is 1.12. The molecule has 0 heterocycles. The second-order valence-electron chi connectivity index (χ2n) is 1.30. The molecule has 0 radical (unpaired) electrons. The molecule has 0 bridgehead atoms. The molecule has 0 aliphatic heterocycles. The third-order valence-electron chi connectivity index (χ3n) is 0.345. The Balaban J connectivity index is 0. The van der Waals surface area contributed by atoms with Crippen LogP contribution in [0.3, 0.4) is 0 Å². The molecule has 0 aliphatic rings. The molecule has 0 atom stereocenters. The first-order valence-electron chi connectivity index (χ1n) is 2.70. The number of alkyl halides is 4. The lowest BCUT2D eigenvalue weighted by Crippen LogP contribution is -1.63. The highest BCUT2D eigenvalue weighted by Crippen LogP contribution is 1.95. The predicted octanol–water partition coefficient (Wildman–Crippen LogP) is 3.83. The van der Waals surface area contributed by atoms with Gasteiger partial charge in [0.1, 0.15) is 4.84 Å². The summed E-state index contributed by atoms with van der Waals surface area (Å²) in [5, 5.41) is 0. The van der Waals surface area contributed by atoms with Crippen molar-refractivity contribution < 1.29 is 0 Å². The summed E-state index contributed by atoms with van der Waals surface area (Å²) in [4.78, 5) is -0.222. The summed E-state index contributed by atoms with van der Waals surface area (Å²) in [6, 6.07) is 0. The maximum atomic E-state index is 5.23. The molecule has 0 amide bonds. The topological polar surface area (TPSA) is 0 Å². The molecule has 0 N–H and O–H groups in total. The van der Waals surface area contributed by atoms with E-state index in [0.717, 1.165) is 0 Å². The van der Waals surface area contributed by atoms with Crippen LogP contribution in [0.1, 0.15) is 6.92 Å². The summed E-state index contributed by atoms with van der Waals surface area (Å²) < 4.78 is 0. The van der Waals surface area contributed by atoms with Crippen LogP contribution in [0.25, 0.3) is 0 Å². The first kappa shape index (κ1) is 13.5. The Morgan fingerprint density at radius 3 is 1.40 bits per heavy atom. The minimum absolute atomic E-state index is 0.222. The average molecular weight is 224 g/mol. The van der Waals surface area contributed by atoms with Gasteiger partial charge < -0.3 is 0 Å². The van der Waals surface area contributed by atoms with Crippen LogP contribution in [0.15, 0.2) is 12.2 Å². The Bertz CT molecular complexity index is 61.4. The van der Waals surface area contributed by atoms with Gasteiger partial charge in [-0.05, 0) is 6.92 Å². The maximum Gasteiger partial charge on any atom is 0.105 e. The molecule has 0 aromatic rings. The van der Waals surface area contributed by atoms with Gasteiger partial charge in [0.2, 0.25) is 0 Å². The molecular weight excluding hydrogens is 214 g/mol. The fraction of sp³-hybridized carbons (Fsp3) is 0.667. The first-order valence-corrected chi connectivity index (χ1v) is 4.64. The standard InChI is InChI=1S/C4H6Cl2.C2H4Cl2/c5-3-1-2-4-6;1-2(3)4/h1-2H,3-4H2;2H,1H3/b2-1-;. The van der Waals surface area contributed by atoms with E-state index in [0.29, 0.717) is 11.8 Å². The van der Waals surface area contributed by atoms with Crippen molar-refractivity contribution >= 4 is 46.4 Å². The first-order chi connectivity index (χ1) is 4.65. The van der Waals surface area contributed by atoms with Crippen molar-refractivity contribution in [2.24, 2.45) is 0 Å². The quantitative estimate of drug-likeness (QED) is 0.493. The van der Waals surface area contributed by atoms with E-state index in [4.69, 9.17) is 46.4 Å². The van der Waals surface area contributed by atoms with Crippen LogP contribution >= 0.6 is 46.4 Å². The summed E-state index contributed by atoms with van der Waals surface area (Å²) in [7, 11) is 0. The summed E-state index contributed by atoms with van der Waals surface area (Å²) >= 11 is 20.5. The zero-order valence-electron chi connectivity index (χ0n) is 5.66. The monoisotopic (exact) mass is 222 g/mol. The highest BCUT2D eigenvalue weighted by molar-refractivity contribution is 6.43. The lowest BCUT2D eigenvalue weighted by Gasteiger charge is -1.72. The number of allylic oxidation sites excluding steroid dienone is 2. The fourth-order valence-corrected chi connectivity index (χ4v) is 0.378. The minimum atomic E-state index is -0.222. The molecule has 0 nitrogen and oxygen atoms in total. The van der Waals surface area contributed by atoms with Crippen molar-refractivity contribution in [1.29, 1.82) is 0 Å². The van der Waals surface area contributed by atoms with E-state index in [1.807, 2.05) is 12.2 Å². The Labute approximate surface area is 82.1 Å². The van der Waals surface area contributed by atoms with Gasteiger partial charge in [0.25, 0.3) is 0 Å². The van der Waals surface area contributed by atoms with Crippen LogP contribution in [0.4, 0.5) is 0 Å². The van der Waals surface area contributed by atoms with E-state index in [9.17, 15) is 0 Å². The normalized spacial score (nSPS) is 9.80. The van der Waals surface area contributed by atoms with Crippen molar-refractivity contribution in [1.82, 2.24) is 0 Å². The molecule has 0 saturated heterocycles. The van der Waals surface area contributed by atoms with Gasteiger partial charge in [0.15, 0.2) is 0 Å². The van der Waals surface area contributed by atoms with E-state index in [1.165, 1.54) is 0 Å². The number of halogens is 4. The lowest BCUT2D eigenvalue weighted by molar-refractivity contribution is 1.39. The van der Waals surface area contributed by atoms with Gasteiger partial charge in [-0.1, -0.05) is 12.2 Å². The van der Waals surface area contributed by atoms with Gasteiger partial charge in [-0.15, -0.1) is 46.4 Å². The molecule has 0 saturated carbocycles. The summed E-state index contributed by atoms with van der Waals surface area (Å²) in [6.45, 7) is 1.70. The number of hydrogen-bond acceptors (Lipinski definition) is 0. The Morgan fingerprint density at radius 2 is 1.30 bits per heavy atom. The van der Waals surface area contributed by atoms with Gasteiger partial charge in [-0.25, -0.2) is 0 Å². The van der Waals surface area contributed by atoms with Crippen LogP contribution in [0, 0.1) is 0 Å². The van der Waals surface area contributed by atoms with Gasteiger partial charge in [0.05, 0.1) is 0 Å². The molecule has 0 unspecified atom stereocenters. The predicted molar refractivity (Wildman–Crippen MR) is 51.7 cm³/mol. The van der Waals surface area contributed by atoms with Gasteiger partial charge in [0, 0.05) is 11.8 Å². The molecule has 0 aromatic carbocycles. The average Bonchev–Trinajstić information content (AvgIpc) is 1.82. The second kappa shape index (κ2) is 12.6. The minimum Gasteiger partial charge on any atom is -0.122 e. The Morgan fingerprint density at radius 1 is 1.10 bits per heavy atom. The van der Waals surface area contributed by atoms with Crippen LogP contribution in [0.2, 0.25) is 0 Å². The van der Waals surface area contributed by atoms with E-state index >= 15 is 0 Å². The van der Waals surface area contributed by atoms with Crippen LogP contribution in [-0.4, -0.2) is 16.6 Å². The third kappa shape index (κ3) is 36.5. The Hall–Kier alpha value is 0.900. The third-order valence-corrected chi connectivity index (χ3v) is 0.701. The summed E-state index contributed by atoms with van der Waals surface area (Å²) in [6.07, 6.45) is 3.63. The Kier molecular flexibility index (Phi) is 16.9. The SMILES string of the molecule is CC(Cl)Cl.ClC/C=C\CCl. The van der Waals surface area contributed by atoms with E-state index in [1.54, 1.807) is 6.92 Å². The van der Waals surface area contributed by atoms with Crippen molar-refractivity contribution in [3.8, 4) is 0 Å². The fourth-order valence-electron chi connectivity index (χ4n) is 0.126. The van der Waals surface area contributed by atoms with Gasteiger partial charge in [-0.2, -0.15) is 0 Å². The van der Waals surface area contributed by atoms with Crippen molar-refractivity contribution in [3.05, 3.63) is 12.2 Å². The molecule has 4 heteroatoms. The zero-order chi connectivity index (χ0) is 8.41. The summed E-state index contributed by atoms with van der Waals surface area (Å²) in [5.41, 5.74) is 0. The molecule has 0 spiro atoms. The van der Waals surface area contributed by atoms with Crippen LogP contribution in [-0.2, 0) is 0 Å². The van der Waals surface area contributed by atoms with Crippen LogP contribution in [0.5, 0.6) is 0 Å². The number of hydrogen-bond donors (Lipinski definition) is 0. The zero-order valence-corrected chi connectivity index (χ0v) is 8.68. The maximum absolute atomic E-state index is 5.23. The molecule has 0 fully saturated rings. The molecule has 0 aliphatic carbocycles. The number of rotatable bonds is 2. The van der Waals surface area contributed by atoms with E-state index < -0.39 is 0 Å². The molecule has 0 aromatic heterocycles. The lowest BCUT2D eigenvalue weighted by atomic mass is 10.6. The van der Waals surface area contributed by atoms with Crippen molar-refractivity contribution in [2.45, 2.75) is 11.8 Å². The van der Waals surface area contributed by atoms with Gasteiger partial charge in [-0.3, -0.25) is 0 Å². The largest absolute Gasteiger partial charge is 0.122 e. The smallest absolute Gasteiger partial charge is 0.105 e. The molecule has 0 rings (SSSR count). The van der Waals surface area contributed by atoms with E-state index in [2.05, 4.69) is 0 Å². The highest BCUT2D eigenvalue weighted by atomic mass is 35.5. The van der Waals surface area contributed by atoms with Crippen molar-refractivity contribution in [3.63, 3.8) is 0 Å².